The van der Waals surface area contributed by atoms with Gasteiger partial charge in [0.2, 0.25) is 11.8 Å². The van der Waals surface area contributed by atoms with Gasteiger partial charge in [-0.05, 0) is 75.6 Å². The van der Waals surface area contributed by atoms with Crippen LogP contribution in [0, 0.1) is 11.8 Å². The van der Waals surface area contributed by atoms with Gasteiger partial charge in [0.25, 0.3) is 0 Å². The molecule has 184 valence electrons. The minimum Gasteiger partial charge on any atom is -0.356 e. The second kappa shape index (κ2) is 10.1. The standard InChI is InChI=1S/C27H39N5O2/c1-19(33)32-18-20-8-6-16-31-17-7-9-21(27(20)31)23(32)12-5-13-26(34)28-15-14-25-29-22-10-3-4-11-24(22)30(25)2/h3-4,10-11,20-21,23,27H,5-9,12-18H2,1-2H3,(H,28,34)/t20-,21+,23+,27-/m0/s1. The van der Waals surface area contributed by atoms with Crippen LogP contribution >= 0.6 is 0 Å². The van der Waals surface area contributed by atoms with Crippen LogP contribution in [0.25, 0.3) is 11.0 Å². The van der Waals surface area contributed by atoms with Gasteiger partial charge in [-0.25, -0.2) is 4.98 Å². The van der Waals surface area contributed by atoms with E-state index in [1.165, 1.54) is 38.8 Å². The Morgan fingerprint density at radius 1 is 1.15 bits per heavy atom. The van der Waals surface area contributed by atoms with Gasteiger partial charge in [0.15, 0.2) is 0 Å². The first-order valence-electron chi connectivity index (χ1n) is 13.2. The van der Waals surface area contributed by atoms with Crippen LogP contribution in [0.3, 0.4) is 0 Å². The lowest BCUT2D eigenvalue weighted by Gasteiger charge is -2.57. The van der Waals surface area contributed by atoms with Crippen molar-refractivity contribution in [2.75, 3.05) is 26.2 Å². The number of aromatic nitrogens is 2. The van der Waals surface area contributed by atoms with Gasteiger partial charge >= 0.3 is 0 Å². The average Bonchev–Trinajstić information content (AvgIpc) is 3.16. The monoisotopic (exact) mass is 465 g/mol. The summed E-state index contributed by atoms with van der Waals surface area (Å²) in [4.78, 5) is 34.7. The fraction of sp³-hybridized carbons (Fsp3) is 0.667. The first kappa shape index (κ1) is 23.3. The molecule has 0 unspecified atom stereocenters. The largest absolute Gasteiger partial charge is 0.356 e. The lowest BCUT2D eigenvalue weighted by atomic mass is 9.69. The molecule has 1 aromatic carbocycles. The molecule has 0 spiro atoms. The number of fused-ring (bicyclic) bond motifs is 1. The van der Waals surface area contributed by atoms with E-state index in [4.69, 9.17) is 0 Å². The first-order chi connectivity index (χ1) is 16.5. The summed E-state index contributed by atoms with van der Waals surface area (Å²) in [5, 5.41) is 3.08. The Balaban J connectivity index is 1.13. The molecular formula is C27H39N5O2. The van der Waals surface area contributed by atoms with E-state index >= 15 is 0 Å². The normalized spacial score (nSPS) is 26.9. The Bertz CT molecular complexity index is 1030. The van der Waals surface area contributed by atoms with Gasteiger partial charge in [-0.1, -0.05) is 12.1 Å². The van der Waals surface area contributed by atoms with E-state index in [2.05, 4.69) is 30.7 Å². The molecule has 7 nitrogen and oxygen atoms in total. The van der Waals surface area contributed by atoms with Crippen LogP contribution < -0.4 is 5.32 Å². The summed E-state index contributed by atoms with van der Waals surface area (Å²) in [5.74, 6) is 2.50. The second-order valence-electron chi connectivity index (χ2n) is 10.5. The predicted octanol–water partition coefficient (Wildman–Crippen LogP) is 3.12. The number of carbonyl (C=O) groups is 2. The van der Waals surface area contributed by atoms with Gasteiger partial charge < -0.3 is 14.8 Å². The number of nitrogens with one attached hydrogen (secondary N) is 1. The van der Waals surface area contributed by atoms with Crippen LogP contribution in [0.5, 0.6) is 0 Å². The highest BCUT2D eigenvalue weighted by Gasteiger charge is 2.48. The average molecular weight is 466 g/mol. The molecule has 7 heteroatoms. The van der Waals surface area contributed by atoms with Gasteiger partial charge in [0.1, 0.15) is 5.82 Å². The summed E-state index contributed by atoms with van der Waals surface area (Å²) in [6.07, 6.45) is 7.98. The van der Waals surface area contributed by atoms with E-state index < -0.39 is 0 Å². The van der Waals surface area contributed by atoms with Gasteiger partial charge in [0.05, 0.1) is 11.0 Å². The fourth-order valence-electron chi connectivity index (χ4n) is 7.02. The van der Waals surface area contributed by atoms with E-state index in [1.54, 1.807) is 6.92 Å². The lowest BCUT2D eigenvalue weighted by molar-refractivity contribution is -0.144. The Hall–Kier alpha value is -2.41. The van der Waals surface area contributed by atoms with Crippen molar-refractivity contribution < 1.29 is 9.59 Å². The van der Waals surface area contributed by atoms with Crippen LogP contribution in [0.4, 0.5) is 0 Å². The Morgan fingerprint density at radius 2 is 1.94 bits per heavy atom. The highest BCUT2D eigenvalue weighted by Crippen LogP contribution is 2.43. The van der Waals surface area contributed by atoms with E-state index in [9.17, 15) is 9.59 Å². The molecule has 0 aliphatic carbocycles. The number of amides is 2. The first-order valence-corrected chi connectivity index (χ1v) is 13.2. The third-order valence-corrected chi connectivity index (χ3v) is 8.53. The SMILES string of the molecule is CC(=O)N1C[C@@H]2CCCN3CCC[C@@H]([C@H]23)[C@H]1CCCC(=O)NCCc1nc2ccccc2n1C. The molecule has 3 saturated heterocycles. The summed E-state index contributed by atoms with van der Waals surface area (Å²) < 4.78 is 2.10. The molecule has 1 aromatic heterocycles. The summed E-state index contributed by atoms with van der Waals surface area (Å²) in [5.41, 5.74) is 2.11. The number of benzene rings is 1. The van der Waals surface area contributed by atoms with Gasteiger partial charge in [-0.15, -0.1) is 0 Å². The number of nitrogens with zero attached hydrogens (tertiary/aromatic N) is 4. The summed E-state index contributed by atoms with van der Waals surface area (Å²) in [6, 6.07) is 9.04. The maximum atomic E-state index is 12.6. The quantitative estimate of drug-likeness (QED) is 0.682. The van der Waals surface area contributed by atoms with Crippen LogP contribution in [0.2, 0.25) is 0 Å². The maximum absolute atomic E-state index is 12.6. The Morgan fingerprint density at radius 3 is 2.74 bits per heavy atom. The molecule has 2 amide bonds. The van der Waals surface area contributed by atoms with Crippen molar-refractivity contribution in [3.05, 3.63) is 30.1 Å². The van der Waals surface area contributed by atoms with Crippen molar-refractivity contribution in [3.8, 4) is 0 Å². The molecule has 3 fully saturated rings. The number of aryl methyl sites for hydroxylation is 1. The number of piperidine rings is 3. The molecule has 5 rings (SSSR count). The van der Waals surface area contributed by atoms with Crippen molar-refractivity contribution in [1.29, 1.82) is 0 Å². The molecule has 1 N–H and O–H groups in total. The van der Waals surface area contributed by atoms with Crippen LogP contribution in [0.15, 0.2) is 24.3 Å². The number of hydrogen-bond acceptors (Lipinski definition) is 4. The minimum atomic E-state index is 0.102. The predicted molar refractivity (Wildman–Crippen MR) is 133 cm³/mol. The molecule has 2 aromatic rings. The highest BCUT2D eigenvalue weighted by atomic mass is 16.2. The van der Waals surface area contributed by atoms with E-state index in [0.29, 0.717) is 30.8 Å². The number of carbonyl (C=O) groups excluding carboxylic acids is 2. The number of para-hydroxylation sites is 2. The molecule has 3 aliphatic rings. The zero-order chi connectivity index (χ0) is 23.7. The zero-order valence-corrected chi connectivity index (χ0v) is 20.7. The van der Waals surface area contributed by atoms with Crippen LogP contribution in [-0.2, 0) is 23.1 Å². The lowest BCUT2D eigenvalue weighted by Crippen LogP contribution is -2.65. The number of rotatable bonds is 7. The van der Waals surface area contributed by atoms with E-state index in [1.807, 2.05) is 25.2 Å². The molecule has 34 heavy (non-hydrogen) atoms. The summed E-state index contributed by atoms with van der Waals surface area (Å²) in [6.45, 7) is 5.67. The molecular weight excluding hydrogens is 426 g/mol. The molecule has 4 atom stereocenters. The molecule has 4 heterocycles. The highest BCUT2D eigenvalue weighted by molar-refractivity contribution is 5.77. The van der Waals surface area contributed by atoms with Gasteiger partial charge in [-0.3, -0.25) is 14.5 Å². The Kier molecular flexibility index (Phi) is 6.91. The molecule has 0 saturated carbocycles. The van der Waals surface area contributed by atoms with Crippen molar-refractivity contribution in [1.82, 2.24) is 24.7 Å². The van der Waals surface area contributed by atoms with E-state index in [0.717, 1.165) is 42.7 Å². The Labute approximate surface area is 202 Å². The number of imidazole rings is 1. The fourth-order valence-corrected chi connectivity index (χ4v) is 7.02. The third kappa shape index (κ3) is 4.59. The van der Waals surface area contributed by atoms with E-state index in [-0.39, 0.29) is 17.9 Å². The zero-order valence-electron chi connectivity index (χ0n) is 20.7. The smallest absolute Gasteiger partial charge is 0.220 e. The van der Waals surface area contributed by atoms with Crippen molar-refractivity contribution >= 4 is 22.8 Å². The maximum Gasteiger partial charge on any atom is 0.220 e. The van der Waals surface area contributed by atoms with Crippen LogP contribution in [-0.4, -0.2) is 69.4 Å². The summed E-state index contributed by atoms with van der Waals surface area (Å²) in [7, 11) is 2.03. The molecule has 0 radical (unpaired) electrons. The second-order valence-corrected chi connectivity index (χ2v) is 10.5. The van der Waals surface area contributed by atoms with Crippen molar-refractivity contribution in [3.63, 3.8) is 0 Å². The third-order valence-electron chi connectivity index (χ3n) is 8.53. The molecule has 0 bridgehead atoms. The van der Waals surface area contributed by atoms with Gasteiger partial charge in [0, 0.05) is 52.0 Å². The van der Waals surface area contributed by atoms with Crippen LogP contribution in [0.1, 0.15) is 57.7 Å². The number of likely N-dealkylation sites (tertiary alicyclic amines) is 1. The van der Waals surface area contributed by atoms with Gasteiger partial charge in [-0.2, -0.15) is 0 Å². The topological polar surface area (TPSA) is 70.5 Å². The number of hydrogen-bond donors (Lipinski definition) is 1. The van der Waals surface area contributed by atoms with Crippen molar-refractivity contribution in [2.24, 2.45) is 18.9 Å². The minimum absolute atomic E-state index is 0.102. The molecule has 3 aliphatic heterocycles. The summed E-state index contributed by atoms with van der Waals surface area (Å²) >= 11 is 0. The van der Waals surface area contributed by atoms with Crippen molar-refractivity contribution in [2.45, 2.75) is 70.4 Å².